The molecular formula is C20H17ClN4O6S. The number of imidazole rings is 1. The van der Waals surface area contributed by atoms with Gasteiger partial charge in [-0.3, -0.25) is 23.1 Å². The summed E-state index contributed by atoms with van der Waals surface area (Å²) < 4.78 is 9.49. The fourth-order valence-corrected chi connectivity index (χ4v) is 4.66. The number of hydrogen-bond donors (Lipinski definition) is 1. The maximum atomic E-state index is 13.3. The van der Waals surface area contributed by atoms with Gasteiger partial charge in [-0.05, 0) is 36.1 Å². The number of carboxylic acid groups (broad SMARTS) is 1. The van der Waals surface area contributed by atoms with E-state index in [4.69, 9.17) is 16.7 Å². The minimum absolute atomic E-state index is 0.155. The topological polar surface area (TPSA) is 117 Å². The number of hydrogen-bond acceptors (Lipinski definition) is 6. The Kier molecular flexibility index (Phi) is 5.31. The van der Waals surface area contributed by atoms with Crippen molar-refractivity contribution in [1.29, 1.82) is 0 Å². The molecule has 1 N–H and O–H groups in total. The number of thiophene rings is 1. The first kappa shape index (κ1) is 21.7. The largest absolute Gasteiger partial charge is 0.511 e. The molecule has 0 radical (unpaired) electrons. The quantitative estimate of drug-likeness (QED) is 0.452. The predicted molar refractivity (Wildman–Crippen MR) is 120 cm³/mol. The Balaban J connectivity index is 1.97. The number of nitrogens with zero attached hydrogens (tertiary/aromatic N) is 4. The van der Waals surface area contributed by atoms with Crippen LogP contribution in [0.15, 0.2) is 44.2 Å². The molecule has 10 nitrogen and oxygen atoms in total. The molecule has 0 fully saturated rings. The van der Waals surface area contributed by atoms with Crippen LogP contribution in [0.4, 0.5) is 4.79 Å². The second-order valence-corrected chi connectivity index (χ2v) is 8.48. The van der Waals surface area contributed by atoms with Gasteiger partial charge in [-0.25, -0.2) is 14.4 Å². The molecule has 0 unspecified atom stereocenters. The van der Waals surface area contributed by atoms with Crippen LogP contribution in [0.3, 0.4) is 0 Å². The van der Waals surface area contributed by atoms with Gasteiger partial charge in [-0.1, -0.05) is 11.6 Å². The van der Waals surface area contributed by atoms with Crippen LogP contribution in [-0.4, -0.2) is 29.5 Å². The normalized spacial score (nSPS) is 11.2. The Morgan fingerprint density at radius 1 is 1.12 bits per heavy atom. The highest BCUT2D eigenvalue weighted by atomic mass is 35.5. The maximum absolute atomic E-state index is 13.3. The molecule has 4 aromatic rings. The van der Waals surface area contributed by atoms with Crippen molar-refractivity contribution in [2.75, 3.05) is 0 Å². The van der Waals surface area contributed by atoms with E-state index in [1.807, 2.05) is 0 Å². The van der Waals surface area contributed by atoms with Gasteiger partial charge in [0.15, 0.2) is 0 Å². The molecule has 3 heterocycles. The highest BCUT2D eigenvalue weighted by molar-refractivity contribution is 7.10. The van der Waals surface area contributed by atoms with E-state index in [0.717, 1.165) is 20.9 Å². The lowest BCUT2D eigenvalue weighted by atomic mass is 10.2. The first-order valence-corrected chi connectivity index (χ1v) is 10.5. The molecule has 12 heteroatoms. The Hall–Kier alpha value is -3.57. The van der Waals surface area contributed by atoms with Crippen LogP contribution < -0.4 is 21.7 Å². The van der Waals surface area contributed by atoms with E-state index >= 15 is 0 Å². The molecule has 3 aromatic heterocycles. The van der Waals surface area contributed by atoms with Crippen molar-refractivity contribution in [2.45, 2.75) is 13.5 Å². The van der Waals surface area contributed by atoms with E-state index in [0.29, 0.717) is 26.6 Å². The highest BCUT2D eigenvalue weighted by Crippen LogP contribution is 2.27. The van der Waals surface area contributed by atoms with Crippen molar-refractivity contribution >= 4 is 40.1 Å². The van der Waals surface area contributed by atoms with Crippen LogP contribution in [0, 0.1) is 6.92 Å². The van der Waals surface area contributed by atoms with Crippen molar-refractivity contribution in [3.8, 4) is 11.4 Å². The monoisotopic (exact) mass is 476 g/mol. The number of ether oxygens (including phenoxy) is 1. The summed E-state index contributed by atoms with van der Waals surface area (Å²) in [7, 11) is 3.22. The van der Waals surface area contributed by atoms with Crippen LogP contribution in [-0.2, 0) is 20.6 Å². The third kappa shape index (κ3) is 3.45. The standard InChI is InChI=1S/C20H17ClN4O6S/c1-10-9-32-15(16(10)21)8-25-17(26)14(31-20(29)30)7-24(19(25)28)11-4-5-12-13(6-11)23(3)18(27)22(12)2/h4-7,9H,8H2,1-3H3,(H,29,30). The molecule has 32 heavy (non-hydrogen) atoms. The summed E-state index contributed by atoms with van der Waals surface area (Å²) in [6, 6.07) is 4.84. The number of halogens is 1. The predicted octanol–water partition coefficient (Wildman–Crippen LogP) is 2.32. The van der Waals surface area contributed by atoms with Crippen molar-refractivity contribution in [2.24, 2.45) is 14.1 Å². The van der Waals surface area contributed by atoms with Gasteiger partial charge >= 0.3 is 17.5 Å². The van der Waals surface area contributed by atoms with E-state index in [1.165, 1.54) is 20.5 Å². The van der Waals surface area contributed by atoms with Crippen LogP contribution in [0.1, 0.15) is 10.4 Å². The number of aryl methyl sites for hydroxylation is 3. The van der Waals surface area contributed by atoms with Crippen molar-refractivity contribution in [3.05, 3.63) is 76.6 Å². The molecule has 0 spiro atoms. The molecular weight excluding hydrogens is 460 g/mol. The average Bonchev–Trinajstić information content (AvgIpc) is 3.18. The summed E-state index contributed by atoms with van der Waals surface area (Å²) in [6.07, 6.45) is -0.663. The molecule has 0 bridgehead atoms. The van der Waals surface area contributed by atoms with Gasteiger partial charge in [0, 0.05) is 19.0 Å². The lowest BCUT2D eigenvalue weighted by Crippen LogP contribution is -2.40. The number of aromatic nitrogens is 4. The van der Waals surface area contributed by atoms with Gasteiger partial charge in [-0.15, -0.1) is 11.3 Å². The zero-order valence-electron chi connectivity index (χ0n) is 17.2. The summed E-state index contributed by atoms with van der Waals surface area (Å²) in [5.74, 6) is -0.538. The molecule has 0 saturated heterocycles. The van der Waals surface area contributed by atoms with E-state index in [9.17, 15) is 19.2 Å². The zero-order chi connectivity index (χ0) is 23.3. The van der Waals surface area contributed by atoms with Crippen molar-refractivity contribution in [1.82, 2.24) is 18.3 Å². The van der Waals surface area contributed by atoms with Crippen LogP contribution >= 0.6 is 22.9 Å². The molecule has 4 rings (SSSR count). The lowest BCUT2D eigenvalue weighted by molar-refractivity contribution is 0.143. The number of rotatable bonds is 4. The molecule has 166 valence electrons. The van der Waals surface area contributed by atoms with Gasteiger partial charge < -0.3 is 9.84 Å². The summed E-state index contributed by atoms with van der Waals surface area (Å²) in [6.45, 7) is 1.64. The Morgan fingerprint density at radius 2 is 1.81 bits per heavy atom. The molecule has 0 aliphatic carbocycles. The fraction of sp³-hybridized carbons (Fsp3) is 0.200. The number of benzene rings is 1. The van der Waals surface area contributed by atoms with Gasteiger partial charge in [0.1, 0.15) is 0 Å². The lowest BCUT2D eigenvalue weighted by Gasteiger charge is -2.13. The van der Waals surface area contributed by atoms with E-state index in [2.05, 4.69) is 4.74 Å². The molecule has 0 amide bonds. The highest BCUT2D eigenvalue weighted by Gasteiger charge is 2.19. The molecule has 0 saturated carbocycles. The first-order chi connectivity index (χ1) is 15.1. The van der Waals surface area contributed by atoms with E-state index in [1.54, 1.807) is 44.6 Å². The van der Waals surface area contributed by atoms with Crippen LogP contribution in [0.25, 0.3) is 16.7 Å². The second-order valence-electron chi connectivity index (χ2n) is 7.13. The minimum atomic E-state index is -1.69. The number of carbonyl (C=O) groups is 1. The summed E-state index contributed by atoms with van der Waals surface area (Å²) in [5.41, 5.74) is 0.462. The van der Waals surface area contributed by atoms with Crippen molar-refractivity contribution in [3.63, 3.8) is 0 Å². The second kappa shape index (κ2) is 7.84. The summed E-state index contributed by atoms with van der Waals surface area (Å²) in [4.78, 5) is 50.0. The summed E-state index contributed by atoms with van der Waals surface area (Å²) >= 11 is 7.55. The molecule has 0 atom stereocenters. The van der Waals surface area contributed by atoms with Crippen LogP contribution in [0.5, 0.6) is 5.75 Å². The SMILES string of the molecule is Cc1csc(Cn2c(=O)c(OC(=O)O)cn(-c3ccc4c(c3)n(C)c(=O)n4C)c2=O)c1Cl. The third-order valence-electron chi connectivity index (χ3n) is 5.14. The smallest absolute Gasteiger partial charge is 0.449 e. The Labute approximate surface area is 188 Å². The third-order valence-corrected chi connectivity index (χ3v) is 6.87. The van der Waals surface area contributed by atoms with Crippen molar-refractivity contribution < 1.29 is 14.6 Å². The van der Waals surface area contributed by atoms with Gasteiger partial charge in [-0.2, -0.15) is 0 Å². The summed E-state index contributed by atoms with van der Waals surface area (Å²) in [5, 5.41) is 11.3. The fourth-order valence-electron chi connectivity index (χ4n) is 3.44. The molecule has 1 aromatic carbocycles. The first-order valence-electron chi connectivity index (χ1n) is 9.25. The van der Waals surface area contributed by atoms with E-state index in [-0.39, 0.29) is 12.2 Å². The minimum Gasteiger partial charge on any atom is -0.449 e. The Bertz CT molecular complexity index is 1570. The van der Waals surface area contributed by atoms with E-state index < -0.39 is 23.2 Å². The average molecular weight is 477 g/mol. The van der Waals surface area contributed by atoms with Gasteiger partial charge in [0.2, 0.25) is 5.75 Å². The van der Waals surface area contributed by atoms with Gasteiger partial charge in [0.25, 0.3) is 5.56 Å². The Morgan fingerprint density at radius 3 is 2.44 bits per heavy atom. The molecule has 0 aliphatic rings. The molecule has 0 aliphatic heterocycles. The number of fused-ring (bicyclic) bond motifs is 1. The zero-order valence-corrected chi connectivity index (χ0v) is 18.7. The maximum Gasteiger partial charge on any atom is 0.511 e. The van der Waals surface area contributed by atoms with Gasteiger partial charge in [0.05, 0.1) is 34.5 Å². The van der Waals surface area contributed by atoms with Crippen LogP contribution in [0.2, 0.25) is 5.02 Å².